The molecule has 0 aliphatic rings. The molecule has 0 nitrogen and oxygen atoms in total. The molecule has 0 aromatic carbocycles. The Hall–Kier alpha value is 0.170. The van der Waals surface area contributed by atoms with E-state index in [2.05, 4.69) is 22.2 Å². The van der Waals surface area contributed by atoms with Crippen molar-refractivity contribution in [3.8, 4) is 0 Å². The van der Waals surface area contributed by atoms with Crippen molar-refractivity contribution in [3.05, 3.63) is 11.9 Å². The summed E-state index contributed by atoms with van der Waals surface area (Å²) in [5.74, 6) is 1.86. The molecule has 0 aromatic heterocycles. The molecule has 2 radical (unpaired) electrons. The molecule has 0 heterocycles. The summed E-state index contributed by atoms with van der Waals surface area (Å²) in [6.45, 7) is 2.29. The van der Waals surface area contributed by atoms with E-state index < -0.39 is 0 Å². The summed E-state index contributed by atoms with van der Waals surface area (Å²) in [6.07, 6.45) is 22.0. The summed E-state index contributed by atoms with van der Waals surface area (Å²) in [4.78, 5) is 0. The van der Waals surface area contributed by atoms with Gasteiger partial charge in [-0.05, 0) is 22.1 Å². The van der Waals surface area contributed by atoms with Gasteiger partial charge in [-0.1, -0.05) is 95.9 Å². The van der Waals surface area contributed by atoms with Crippen molar-refractivity contribution in [2.24, 2.45) is 0 Å². The Balaban J connectivity index is 2.90. The van der Waals surface area contributed by atoms with Crippen molar-refractivity contribution in [3.63, 3.8) is 0 Å². The summed E-state index contributed by atoms with van der Waals surface area (Å²) in [5, 5.41) is 0. The van der Waals surface area contributed by atoms with Crippen LogP contribution in [-0.2, 0) is 0 Å². The molecule has 0 saturated heterocycles. The van der Waals surface area contributed by atoms with E-state index in [1.54, 1.807) is 0 Å². The molecule has 0 fully saturated rings. The number of hydrogen-bond acceptors (Lipinski definition) is 0. The predicted molar refractivity (Wildman–Crippen MR) is 86.4 cm³/mol. The molecule has 0 aliphatic heterocycles. The van der Waals surface area contributed by atoms with E-state index in [1.165, 1.54) is 89.9 Å². The SMILES string of the molecule is CCCCCCCCCCCCCCCC=C[P]. The fourth-order valence-corrected chi connectivity index (χ4v) is 2.50. The van der Waals surface area contributed by atoms with Crippen molar-refractivity contribution in [2.45, 2.75) is 96.8 Å². The second-order valence-corrected chi connectivity index (χ2v) is 5.71. The van der Waals surface area contributed by atoms with Crippen molar-refractivity contribution in [1.82, 2.24) is 0 Å². The molecule has 0 atom stereocenters. The van der Waals surface area contributed by atoms with E-state index in [0.717, 1.165) is 0 Å². The van der Waals surface area contributed by atoms with Gasteiger partial charge in [-0.3, -0.25) is 0 Å². The monoisotopic (exact) mass is 268 g/mol. The van der Waals surface area contributed by atoms with Crippen LogP contribution in [0, 0.1) is 0 Å². The normalized spacial score (nSPS) is 11.4. The minimum atomic E-state index is 1.21. The third-order valence-electron chi connectivity index (χ3n) is 3.58. The first-order valence-corrected chi connectivity index (χ1v) is 8.72. The fraction of sp³-hybridized carbons (Fsp3) is 0.882. The number of rotatable bonds is 14. The Bertz CT molecular complexity index is 163. The van der Waals surface area contributed by atoms with Crippen LogP contribution in [0.2, 0.25) is 0 Å². The Labute approximate surface area is 118 Å². The molecule has 0 bridgehead atoms. The molecule has 1 heteroatoms. The second kappa shape index (κ2) is 17.2. The summed E-state index contributed by atoms with van der Waals surface area (Å²) < 4.78 is 0. The highest BCUT2D eigenvalue weighted by Gasteiger charge is 1.93. The quantitative estimate of drug-likeness (QED) is 0.227. The van der Waals surface area contributed by atoms with E-state index in [9.17, 15) is 0 Å². The lowest BCUT2D eigenvalue weighted by Crippen LogP contribution is -1.82. The minimum Gasteiger partial charge on any atom is -0.0834 e. The van der Waals surface area contributed by atoms with Crippen LogP contribution < -0.4 is 0 Å². The largest absolute Gasteiger partial charge is 0.0834 e. The third kappa shape index (κ3) is 16.2. The van der Waals surface area contributed by atoms with Crippen molar-refractivity contribution in [1.29, 1.82) is 0 Å². The molecule has 0 rings (SSSR count). The smallest absolute Gasteiger partial charge is 0.0146 e. The standard InChI is InChI=1S/C17H33P/c1-2-3-4-5-6-7-8-9-10-11-12-13-14-15-16-17-18/h16-17H,2-15H2,1H3. The van der Waals surface area contributed by atoms with Gasteiger partial charge in [0.2, 0.25) is 0 Å². The van der Waals surface area contributed by atoms with Gasteiger partial charge >= 0.3 is 0 Å². The topological polar surface area (TPSA) is 0 Å². The molecular weight excluding hydrogens is 235 g/mol. The van der Waals surface area contributed by atoms with Crippen molar-refractivity contribution >= 4 is 9.24 Å². The van der Waals surface area contributed by atoms with Gasteiger partial charge in [0.25, 0.3) is 0 Å². The van der Waals surface area contributed by atoms with Crippen LogP contribution in [0.1, 0.15) is 96.8 Å². The van der Waals surface area contributed by atoms with Crippen LogP contribution in [0.3, 0.4) is 0 Å². The fourth-order valence-electron chi connectivity index (χ4n) is 2.35. The molecule has 0 N–H and O–H groups in total. The van der Waals surface area contributed by atoms with Gasteiger partial charge in [-0.25, -0.2) is 0 Å². The number of allylic oxidation sites excluding steroid dienone is 1. The van der Waals surface area contributed by atoms with Gasteiger partial charge < -0.3 is 0 Å². The van der Waals surface area contributed by atoms with Crippen molar-refractivity contribution < 1.29 is 0 Å². The Morgan fingerprint density at radius 3 is 1.39 bits per heavy atom. The van der Waals surface area contributed by atoms with E-state index in [0.29, 0.717) is 0 Å². The zero-order chi connectivity index (χ0) is 13.3. The molecule has 18 heavy (non-hydrogen) atoms. The summed E-state index contributed by atoms with van der Waals surface area (Å²) in [6, 6.07) is 0. The van der Waals surface area contributed by atoms with Gasteiger partial charge in [0.1, 0.15) is 0 Å². The molecule has 0 spiro atoms. The first-order valence-electron chi connectivity index (χ1n) is 8.21. The highest BCUT2D eigenvalue weighted by Crippen LogP contribution is 2.12. The lowest BCUT2D eigenvalue weighted by molar-refractivity contribution is 0.540. The van der Waals surface area contributed by atoms with E-state index in [1.807, 2.05) is 5.82 Å². The molecular formula is C17H33P. The van der Waals surface area contributed by atoms with Crippen LogP contribution in [0.4, 0.5) is 0 Å². The van der Waals surface area contributed by atoms with Crippen molar-refractivity contribution in [2.75, 3.05) is 0 Å². The molecule has 0 aliphatic carbocycles. The molecule has 0 amide bonds. The average Bonchev–Trinajstić information content (AvgIpc) is 2.39. The van der Waals surface area contributed by atoms with Crippen LogP contribution in [-0.4, -0.2) is 0 Å². The maximum atomic E-state index is 4.06. The molecule has 0 saturated carbocycles. The van der Waals surface area contributed by atoms with E-state index in [-0.39, 0.29) is 0 Å². The van der Waals surface area contributed by atoms with Gasteiger partial charge in [-0.2, -0.15) is 0 Å². The maximum Gasteiger partial charge on any atom is -0.0146 e. The predicted octanol–water partition coefficient (Wildman–Crippen LogP) is 7.39. The Morgan fingerprint density at radius 2 is 1.00 bits per heavy atom. The first-order chi connectivity index (χ1) is 8.91. The Morgan fingerprint density at radius 1 is 0.611 bits per heavy atom. The Kier molecular flexibility index (Phi) is 17.3. The zero-order valence-corrected chi connectivity index (χ0v) is 13.4. The maximum absolute atomic E-state index is 4.06. The minimum absolute atomic E-state index is 1.21. The molecule has 0 unspecified atom stereocenters. The third-order valence-corrected chi connectivity index (χ3v) is 3.79. The lowest BCUT2D eigenvalue weighted by atomic mass is 10.0. The summed E-state index contributed by atoms with van der Waals surface area (Å²) in [7, 11) is 4.06. The van der Waals surface area contributed by atoms with Gasteiger partial charge in [0.15, 0.2) is 0 Å². The van der Waals surface area contributed by atoms with E-state index in [4.69, 9.17) is 0 Å². The summed E-state index contributed by atoms with van der Waals surface area (Å²) in [5.41, 5.74) is 0. The molecule has 0 aromatic rings. The molecule has 106 valence electrons. The lowest BCUT2D eigenvalue weighted by Gasteiger charge is -2.02. The highest BCUT2D eigenvalue weighted by atomic mass is 31.0. The van der Waals surface area contributed by atoms with Crippen LogP contribution in [0.5, 0.6) is 0 Å². The van der Waals surface area contributed by atoms with Gasteiger partial charge in [0, 0.05) is 0 Å². The van der Waals surface area contributed by atoms with Gasteiger partial charge in [-0.15, -0.1) is 0 Å². The van der Waals surface area contributed by atoms with Crippen LogP contribution in [0.15, 0.2) is 11.9 Å². The summed E-state index contributed by atoms with van der Waals surface area (Å²) >= 11 is 0. The first kappa shape index (κ1) is 18.2. The highest BCUT2D eigenvalue weighted by molar-refractivity contribution is 7.20. The number of unbranched alkanes of at least 4 members (excludes halogenated alkanes) is 13. The van der Waals surface area contributed by atoms with Gasteiger partial charge in [0.05, 0.1) is 0 Å². The van der Waals surface area contributed by atoms with Crippen LogP contribution >= 0.6 is 9.24 Å². The van der Waals surface area contributed by atoms with Crippen LogP contribution in [0.25, 0.3) is 0 Å². The zero-order valence-electron chi connectivity index (χ0n) is 12.5. The second-order valence-electron chi connectivity index (χ2n) is 5.42. The average molecular weight is 268 g/mol. The van der Waals surface area contributed by atoms with E-state index >= 15 is 0 Å². The number of hydrogen-bond donors (Lipinski definition) is 0.